The highest BCUT2D eigenvalue weighted by molar-refractivity contribution is 7.91. The van der Waals surface area contributed by atoms with Gasteiger partial charge in [-0.05, 0) is 19.3 Å². The Labute approximate surface area is 107 Å². The van der Waals surface area contributed by atoms with Crippen LogP contribution in [0.3, 0.4) is 0 Å². The molecule has 0 aliphatic carbocycles. The summed E-state index contributed by atoms with van der Waals surface area (Å²) in [6, 6.07) is 0. The summed E-state index contributed by atoms with van der Waals surface area (Å²) in [6.45, 7) is 0.945. The Bertz CT molecular complexity index is 550. The molecule has 3 rings (SSSR count). The van der Waals surface area contributed by atoms with Crippen LogP contribution in [0, 0.1) is 5.92 Å². The van der Waals surface area contributed by atoms with Crippen molar-refractivity contribution in [2.24, 2.45) is 5.92 Å². The third-order valence-electron chi connectivity index (χ3n) is 4.03. The first-order valence-corrected chi connectivity index (χ1v) is 8.20. The van der Waals surface area contributed by atoms with E-state index < -0.39 is 15.1 Å². The molecule has 2 aliphatic rings. The fraction of sp³-hybridized carbons (Fsp3) is 0.750. The van der Waals surface area contributed by atoms with Crippen molar-refractivity contribution in [3.05, 3.63) is 17.7 Å². The maximum absolute atomic E-state index is 11.9. The number of aliphatic hydroxyl groups is 1. The molecular weight excluding hydrogens is 252 g/mol. The summed E-state index contributed by atoms with van der Waals surface area (Å²) in [6.07, 6.45) is 5.09. The molecule has 18 heavy (non-hydrogen) atoms. The second-order valence-corrected chi connectivity index (χ2v) is 7.62. The molecule has 0 saturated carbocycles. The zero-order chi connectivity index (χ0) is 12.8. The van der Waals surface area contributed by atoms with Crippen LogP contribution in [0.2, 0.25) is 0 Å². The molecule has 0 spiro atoms. The van der Waals surface area contributed by atoms with Crippen LogP contribution in [0.1, 0.15) is 36.0 Å². The summed E-state index contributed by atoms with van der Waals surface area (Å²) in [5.74, 6) is 1.54. The zero-order valence-electron chi connectivity index (χ0n) is 10.2. The number of sulfone groups is 1. The molecular formula is C12H18N2O3S. The molecule has 1 aromatic heterocycles. The number of rotatable bonds is 2. The van der Waals surface area contributed by atoms with E-state index in [4.69, 9.17) is 0 Å². The van der Waals surface area contributed by atoms with Gasteiger partial charge in [0.25, 0.3) is 0 Å². The van der Waals surface area contributed by atoms with Crippen molar-refractivity contribution in [1.29, 1.82) is 0 Å². The summed E-state index contributed by atoms with van der Waals surface area (Å²) >= 11 is 0. The van der Waals surface area contributed by atoms with E-state index in [0.717, 1.165) is 31.6 Å². The standard InChI is InChI=1S/C12H18N2O3S/c15-8-9-3-4-12-13-10(7-14(12)6-9)11-2-1-5-18(11,16)17/h7,9,11,15H,1-6,8H2. The van der Waals surface area contributed by atoms with Crippen molar-refractivity contribution >= 4 is 9.84 Å². The van der Waals surface area contributed by atoms with Crippen molar-refractivity contribution in [2.45, 2.75) is 37.5 Å². The Balaban J connectivity index is 1.90. The monoisotopic (exact) mass is 270 g/mol. The second kappa shape index (κ2) is 4.35. The molecule has 5 nitrogen and oxygen atoms in total. The molecule has 1 aromatic rings. The average Bonchev–Trinajstić information content (AvgIpc) is 2.90. The predicted octanol–water partition coefficient (Wildman–Crippen LogP) is 0.687. The SMILES string of the molecule is O=S1(=O)CCCC1c1cn2c(n1)CCC(CO)C2. The van der Waals surface area contributed by atoms with Gasteiger partial charge in [-0.3, -0.25) is 0 Å². The highest BCUT2D eigenvalue weighted by Crippen LogP contribution is 2.34. The van der Waals surface area contributed by atoms with Crippen molar-refractivity contribution in [2.75, 3.05) is 12.4 Å². The number of aliphatic hydroxyl groups excluding tert-OH is 1. The molecule has 0 radical (unpaired) electrons. The predicted molar refractivity (Wildman–Crippen MR) is 66.9 cm³/mol. The lowest BCUT2D eigenvalue weighted by Gasteiger charge is -2.21. The Hall–Kier alpha value is -0.880. The third kappa shape index (κ3) is 1.97. The van der Waals surface area contributed by atoms with E-state index in [1.807, 2.05) is 10.8 Å². The maximum atomic E-state index is 11.9. The summed E-state index contributed by atoms with van der Waals surface area (Å²) in [5, 5.41) is 8.79. The minimum absolute atomic E-state index is 0.189. The molecule has 3 heterocycles. The minimum atomic E-state index is -2.98. The van der Waals surface area contributed by atoms with Crippen LogP contribution in [0.25, 0.3) is 0 Å². The lowest BCUT2D eigenvalue weighted by atomic mass is 10.0. The van der Waals surface area contributed by atoms with Crippen molar-refractivity contribution in [1.82, 2.24) is 9.55 Å². The van der Waals surface area contributed by atoms with Gasteiger partial charge in [-0.15, -0.1) is 0 Å². The number of nitrogens with zero attached hydrogens (tertiary/aromatic N) is 2. The van der Waals surface area contributed by atoms with Crippen LogP contribution < -0.4 is 0 Å². The first-order valence-electron chi connectivity index (χ1n) is 6.48. The third-order valence-corrected chi connectivity index (χ3v) is 6.23. The fourth-order valence-electron chi connectivity index (χ4n) is 2.96. The van der Waals surface area contributed by atoms with Crippen molar-refractivity contribution < 1.29 is 13.5 Å². The van der Waals surface area contributed by atoms with Crippen LogP contribution in [0.15, 0.2) is 6.20 Å². The van der Waals surface area contributed by atoms with E-state index in [1.54, 1.807) is 0 Å². The second-order valence-electron chi connectivity index (χ2n) is 5.32. The maximum Gasteiger partial charge on any atom is 0.158 e. The first-order chi connectivity index (χ1) is 8.60. The Morgan fingerprint density at radius 2 is 2.28 bits per heavy atom. The molecule has 1 N–H and O–H groups in total. The summed E-state index contributed by atoms with van der Waals surface area (Å²) < 4.78 is 25.8. The van der Waals surface area contributed by atoms with E-state index >= 15 is 0 Å². The molecule has 0 bridgehead atoms. The summed E-state index contributed by atoms with van der Waals surface area (Å²) in [7, 11) is -2.98. The van der Waals surface area contributed by atoms with Gasteiger partial charge >= 0.3 is 0 Å². The van der Waals surface area contributed by atoms with Gasteiger partial charge < -0.3 is 9.67 Å². The van der Waals surface area contributed by atoms with E-state index in [-0.39, 0.29) is 12.5 Å². The lowest BCUT2D eigenvalue weighted by molar-refractivity contribution is 0.190. The van der Waals surface area contributed by atoms with Crippen LogP contribution in [0.5, 0.6) is 0 Å². The van der Waals surface area contributed by atoms with E-state index in [1.165, 1.54) is 0 Å². The van der Waals surface area contributed by atoms with Gasteiger partial charge in [0.1, 0.15) is 11.1 Å². The van der Waals surface area contributed by atoms with Crippen LogP contribution in [-0.4, -0.2) is 35.4 Å². The number of aryl methyl sites for hydroxylation is 1. The number of hydrogen-bond acceptors (Lipinski definition) is 4. The van der Waals surface area contributed by atoms with Crippen molar-refractivity contribution in [3.8, 4) is 0 Å². The largest absolute Gasteiger partial charge is 0.396 e. The van der Waals surface area contributed by atoms with Gasteiger partial charge in [0.15, 0.2) is 9.84 Å². The Kier molecular flexibility index (Phi) is 2.94. The normalized spacial score (nSPS) is 30.3. The van der Waals surface area contributed by atoms with Crippen LogP contribution in [-0.2, 0) is 22.8 Å². The minimum Gasteiger partial charge on any atom is -0.396 e. The molecule has 6 heteroatoms. The highest BCUT2D eigenvalue weighted by atomic mass is 32.2. The van der Waals surface area contributed by atoms with Gasteiger partial charge in [0.2, 0.25) is 0 Å². The number of aromatic nitrogens is 2. The Morgan fingerprint density at radius 1 is 1.44 bits per heavy atom. The van der Waals surface area contributed by atoms with Gasteiger partial charge in [-0.2, -0.15) is 0 Å². The number of fused-ring (bicyclic) bond motifs is 1. The van der Waals surface area contributed by atoms with E-state index in [2.05, 4.69) is 4.98 Å². The molecule has 2 unspecified atom stereocenters. The average molecular weight is 270 g/mol. The Morgan fingerprint density at radius 3 is 2.94 bits per heavy atom. The fourth-order valence-corrected chi connectivity index (χ4v) is 4.83. The molecule has 1 fully saturated rings. The quantitative estimate of drug-likeness (QED) is 0.858. The van der Waals surface area contributed by atoms with Crippen LogP contribution in [0.4, 0.5) is 0 Å². The molecule has 100 valence electrons. The highest BCUT2D eigenvalue weighted by Gasteiger charge is 2.35. The molecule has 1 saturated heterocycles. The summed E-state index contributed by atoms with van der Waals surface area (Å²) in [5.41, 5.74) is 0.709. The van der Waals surface area contributed by atoms with Gasteiger partial charge in [-0.25, -0.2) is 13.4 Å². The molecule has 2 aliphatic heterocycles. The van der Waals surface area contributed by atoms with Crippen molar-refractivity contribution in [3.63, 3.8) is 0 Å². The first kappa shape index (κ1) is 12.2. The number of imidazole rings is 1. The lowest BCUT2D eigenvalue weighted by Crippen LogP contribution is -2.22. The smallest absolute Gasteiger partial charge is 0.158 e. The van der Waals surface area contributed by atoms with E-state index in [0.29, 0.717) is 17.9 Å². The van der Waals surface area contributed by atoms with Gasteiger partial charge in [0.05, 0.1) is 11.4 Å². The van der Waals surface area contributed by atoms with Gasteiger partial charge in [-0.1, -0.05) is 0 Å². The zero-order valence-corrected chi connectivity index (χ0v) is 11.1. The molecule has 0 aromatic carbocycles. The topological polar surface area (TPSA) is 72.2 Å². The summed E-state index contributed by atoms with van der Waals surface area (Å²) in [4.78, 5) is 4.50. The number of hydrogen-bond donors (Lipinski definition) is 1. The molecule has 0 amide bonds. The van der Waals surface area contributed by atoms with E-state index in [9.17, 15) is 13.5 Å². The van der Waals surface area contributed by atoms with Gasteiger partial charge in [0, 0.05) is 31.7 Å². The van der Waals surface area contributed by atoms with Crippen LogP contribution >= 0.6 is 0 Å². The molecule has 2 atom stereocenters.